The van der Waals surface area contributed by atoms with Gasteiger partial charge < -0.3 is 0 Å². The third kappa shape index (κ3) is 11.8. The van der Waals surface area contributed by atoms with E-state index in [0.717, 1.165) is 0 Å². The molecule has 0 aliphatic rings. The van der Waals surface area contributed by atoms with Gasteiger partial charge in [-0.05, 0) is 0 Å². The van der Waals surface area contributed by atoms with Crippen LogP contribution >= 0.6 is 0 Å². The Kier molecular flexibility index (Phi) is 17.4. The van der Waals surface area contributed by atoms with E-state index >= 15 is 0 Å². The van der Waals surface area contributed by atoms with Gasteiger partial charge in [0.1, 0.15) is 0 Å². The number of hydrogen-bond donors (Lipinski definition) is 0. The molecule has 0 heterocycles. The Labute approximate surface area is 132 Å². The van der Waals surface area contributed by atoms with Gasteiger partial charge in [-0.25, -0.2) is 0 Å². The van der Waals surface area contributed by atoms with Gasteiger partial charge in [0.15, 0.2) is 0 Å². The predicted octanol–water partition coefficient (Wildman–Crippen LogP) is 4.86. The van der Waals surface area contributed by atoms with Gasteiger partial charge in [-0.2, -0.15) is 71.8 Å². The summed E-state index contributed by atoms with van der Waals surface area (Å²) in [6, 6.07) is 21.6. The number of benzene rings is 2. The minimum Gasteiger partial charge on any atom is -0.184 e. The zero-order valence-electron chi connectivity index (χ0n) is 9.20. The van der Waals surface area contributed by atoms with E-state index in [0.29, 0.717) is 0 Å². The van der Waals surface area contributed by atoms with E-state index in [4.69, 9.17) is 0 Å². The Balaban J connectivity index is -0.000000196. The molecule has 0 fully saturated rings. The van der Waals surface area contributed by atoms with Crippen LogP contribution in [-0.4, -0.2) is 0 Å². The van der Waals surface area contributed by atoms with Crippen LogP contribution in [0.25, 0.3) is 0 Å². The van der Waals surface area contributed by atoms with Crippen LogP contribution < -0.4 is 0 Å². The summed E-state index contributed by atoms with van der Waals surface area (Å²) >= 11 is 0. The molecule has 1 heteroatoms. The smallest absolute Gasteiger partial charge is 0 e. The topological polar surface area (TPSA) is 0 Å². The van der Waals surface area contributed by atoms with Crippen molar-refractivity contribution in [3.63, 3.8) is 0 Å². The molecule has 0 N–H and O–H groups in total. The van der Waals surface area contributed by atoms with E-state index < -0.39 is 0 Å². The maximum Gasteiger partial charge on any atom is 0 e. The van der Waals surface area contributed by atoms with E-state index in [-0.39, 0.29) is 47.6 Å². The van der Waals surface area contributed by atoms with Gasteiger partial charge in [-0.15, -0.1) is 0 Å². The molecule has 0 amide bonds. The first-order valence-corrected chi connectivity index (χ1v) is 4.64. The number of rotatable bonds is 0. The fourth-order valence-electron chi connectivity index (χ4n) is 0.940. The molecular formula is C16H22Y-2. The van der Waals surface area contributed by atoms with Gasteiger partial charge in [0.05, 0.1) is 0 Å². The zero-order chi connectivity index (χ0) is 10.2. The third-order valence-corrected chi connectivity index (χ3v) is 1.77. The summed E-state index contributed by atoms with van der Waals surface area (Å²) in [4.78, 5) is 0. The van der Waals surface area contributed by atoms with Crippen molar-refractivity contribution in [2.75, 3.05) is 0 Å². The molecule has 0 nitrogen and oxygen atoms in total. The number of hydrogen-bond acceptors (Lipinski definition) is 0. The minimum atomic E-state index is 0. The van der Waals surface area contributed by atoms with E-state index in [2.05, 4.69) is 26.0 Å². The van der Waals surface area contributed by atoms with Crippen LogP contribution in [0.4, 0.5) is 0 Å². The van der Waals surface area contributed by atoms with Crippen LogP contribution in [0.5, 0.6) is 0 Å². The molecule has 0 bridgehead atoms. The second kappa shape index (κ2) is 13.6. The SMILES string of the molecule is C.C.Cc1cc[c-]cc1.Cc1cc[c-]cc1.[Y]. The molecule has 0 saturated carbocycles. The van der Waals surface area contributed by atoms with Crippen molar-refractivity contribution in [1.82, 2.24) is 0 Å². The Bertz CT molecular complexity index is 303. The Morgan fingerprint density at radius 3 is 1.00 bits per heavy atom. The van der Waals surface area contributed by atoms with E-state index in [1.807, 2.05) is 48.5 Å². The van der Waals surface area contributed by atoms with Crippen LogP contribution in [0, 0.1) is 26.0 Å². The molecular weight excluding hydrogens is 281 g/mol. The molecule has 0 aromatic heterocycles. The molecule has 1 radical (unpaired) electrons. The first-order valence-electron chi connectivity index (χ1n) is 4.64. The summed E-state index contributed by atoms with van der Waals surface area (Å²) in [5.74, 6) is 0. The molecule has 0 aliphatic carbocycles. The van der Waals surface area contributed by atoms with Crippen LogP contribution in [-0.2, 0) is 32.7 Å². The summed E-state index contributed by atoms with van der Waals surface area (Å²) in [7, 11) is 0. The van der Waals surface area contributed by atoms with E-state index in [1.165, 1.54) is 11.1 Å². The van der Waals surface area contributed by atoms with Crippen molar-refractivity contribution in [1.29, 1.82) is 0 Å². The van der Waals surface area contributed by atoms with Gasteiger partial charge in [0.25, 0.3) is 0 Å². The van der Waals surface area contributed by atoms with Crippen LogP contribution in [0.1, 0.15) is 26.0 Å². The van der Waals surface area contributed by atoms with Crippen LogP contribution in [0.3, 0.4) is 0 Å². The molecule has 2 rings (SSSR count). The van der Waals surface area contributed by atoms with E-state index in [9.17, 15) is 0 Å². The molecule has 2 aromatic rings. The second-order valence-corrected chi connectivity index (χ2v) is 3.15. The average Bonchev–Trinajstić information content (AvgIpc) is 2.21. The van der Waals surface area contributed by atoms with Crippen molar-refractivity contribution in [2.45, 2.75) is 28.7 Å². The second-order valence-electron chi connectivity index (χ2n) is 3.15. The predicted molar refractivity (Wildman–Crippen MR) is 73.5 cm³/mol. The van der Waals surface area contributed by atoms with Crippen molar-refractivity contribution >= 4 is 0 Å². The van der Waals surface area contributed by atoms with Gasteiger partial charge in [0, 0.05) is 32.7 Å². The molecule has 0 atom stereocenters. The minimum absolute atomic E-state index is 0. The van der Waals surface area contributed by atoms with Crippen molar-refractivity contribution in [2.24, 2.45) is 0 Å². The summed E-state index contributed by atoms with van der Waals surface area (Å²) in [6.45, 7) is 4.13. The maximum atomic E-state index is 2.93. The molecule has 2 aromatic carbocycles. The number of aryl methyl sites for hydroxylation is 2. The molecule has 0 spiro atoms. The summed E-state index contributed by atoms with van der Waals surface area (Å²) in [5.41, 5.74) is 2.58. The van der Waals surface area contributed by atoms with Crippen LogP contribution in [0.2, 0.25) is 0 Å². The fraction of sp³-hybridized carbons (Fsp3) is 0.250. The van der Waals surface area contributed by atoms with Crippen molar-refractivity contribution < 1.29 is 32.7 Å². The third-order valence-electron chi connectivity index (χ3n) is 1.77. The fourth-order valence-corrected chi connectivity index (χ4v) is 0.940. The van der Waals surface area contributed by atoms with Crippen molar-refractivity contribution in [3.8, 4) is 0 Å². The van der Waals surface area contributed by atoms with Gasteiger partial charge in [-0.3, -0.25) is 0 Å². The Morgan fingerprint density at radius 1 is 0.647 bits per heavy atom. The normalized spacial score (nSPS) is 7.18. The summed E-state index contributed by atoms with van der Waals surface area (Å²) in [6.07, 6.45) is 0. The molecule has 17 heavy (non-hydrogen) atoms. The first kappa shape index (κ1) is 21.8. The van der Waals surface area contributed by atoms with Gasteiger partial charge in [0.2, 0.25) is 0 Å². The average molecular weight is 303 g/mol. The Morgan fingerprint density at radius 2 is 0.882 bits per heavy atom. The summed E-state index contributed by atoms with van der Waals surface area (Å²) in [5, 5.41) is 0. The quantitative estimate of drug-likeness (QED) is 0.610. The maximum absolute atomic E-state index is 2.93. The summed E-state index contributed by atoms with van der Waals surface area (Å²) < 4.78 is 0. The van der Waals surface area contributed by atoms with Gasteiger partial charge >= 0.3 is 0 Å². The zero-order valence-corrected chi connectivity index (χ0v) is 12.0. The van der Waals surface area contributed by atoms with Crippen molar-refractivity contribution in [3.05, 3.63) is 71.8 Å². The monoisotopic (exact) mass is 303 g/mol. The molecule has 0 unspecified atom stereocenters. The molecule has 91 valence electrons. The first-order chi connectivity index (χ1) is 6.79. The van der Waals surface area contributed by atoms with Crippen LogP contribution in [0.15, 0.2) is 48.5 Å². The van der Waals surface area contributed by atoms with Gasteiger partial charge in [-0.1, -0.05) is 28.7 Å². The molecule has 0 saturated heterocycles. The Hall–Kier alpha value is -0.456. The molecule has 0 aliphatic heterocycles. The standard InChI is InChI=1S/2C7H7.2CH4.Y/c2*1-7-5-3-2-4-6-7;;;/h2*3-6H,1H3;2*1H4;/q2*-1;;;. The van der Waals surface area contributed by atoms with E-state index in [1.54, 1.807) is 0 Å². The largest absolute Gasteiger partial charge is 0.184 e.